The minimum Gasteiger partial charge on any atom is -0.492 e. The molecule has 0 saturated heterocycles. The number of ether oxygens (including phenoxy) is 1. The summed E-state index contributed by atoms with van der Waals surface area (Å²) < 4.78 is 5.87. The molecule has 1 aliphatic rings. The molecule has 1 unspecified atom stereocenters. The van der Waals surface area contributed by atoms with Crippen molar-refractivity contribution in [2.45, 2.75) is 31.6 Å². The number of carboxylic acid groups (broad SMARTS) is 1. The van der Waals surface area contributed by atoms with Gasteiger partial charge in [0.25, 0.3) is 0 Å². The predicted molar refractivity (Wildman–Crippen MR) is 101 cm³/mol. The van der Waals surface area contributed by atoms with Crippen molar-refractivity contribution in [3.63, 3.8) is 0 Å². The van der Waals surface area contributed by atoms with Crippen molar-refractivity contribution in [1.82, 2.24) is 15.2 Å². The van der Waals surface area contributed by atoms with E-state index >= 15 is 0 Å². The minimum absolute atomic E-state index is 0.338. The van der Waals surface area contributed by atoms with E-state index in [9.17, 15) is 9.90 Å². The van der Waals surface area contributed by atoms with Gasteiger partial charge in [0.05, 0.1) is 29.8 Å². The second-order valence-corrected chi connectivity index (χ2v) is 6.79. The molecule has 6 heteroatoms. The summed E-state index contributed by atoms with van der Waals surface area (Å²) in [7, 11) is 0. The van der Waals surface area contributed by atoms with Gasteiger partial charge in [-0.25, -0.2) is 4.79 Å². The Labute approximate surface area is 157 Å². The molecule has 27 heavy (non-hydrogen) atoms. The van der Waals surface area contributed by atoms with Crippen molar-refractivity contribution in [1.29, 1.82) is 0 Å². The fourth-order valence-corrected chi connectivity index (χ4v) is 3.67. The number of carbonyl (C=O) groups is 1. The van der Waals surface area contributed by atoms with Crippen LogP contribution in [-0.4, -0.2) is 32.9 Å². The zero-order chi connectivity index (χ0) is 18.6. The lowest BCUT2D eigenvalue weighted by atomic mass is 9.80. The van der Waals surface area contributed by atoms with Crippen LogP contribution in [0.3, 0.4) is 0 Å². The van der Waals surface area contributed by atoms with Gasteiger partial charge < -0.3 is 9.84 Å². The topological polar surface area (TPSA) is 88.1 Å². The monoisotopic (exact) mass is 363 g/mol. The van der Waals surface area contributed by atoms with E-state index in [2.05, 4.69) is 15.2 Å². The molecule has 1 aliphatic carbocycles. The van der Waals surface area contributed by atoms with E-state index < -0.39 is 5.97 Å². The van der Waals surface area contributed by atoms with Gasteiger partial charge in [-0.1, -0.05) is 6.07 Å². The summed E-state index contributed by atoms with van der Waals surface area (Å²) in [6.07, 6.45) is 7.48. The average molecular weight is 363 g/mol. The molecule has 4 rings (SSSR count). The summed E-state index contributed by atoms with van der Waals surface area (Å²) in [5.41, 5.74) is 4.48. The highest BCUT2D eigenvalue weighted by Gasteiger charge is 2.21. The lowest BCUT2D eigenvalue weighted by molar-refractivity contribution is 0.0696. The van der Waals surface area contributed by atoms with Gasteiger partial charge in [0.2, 0.25) is 0 Å². The summed E-state index contributed by atoms with van der Waals surface area (Å²) in [6.45, 7) is 0.576. The molecular weight excluding hydrogens is 342 g/mol. The fraction of sp³-hybridized carbons (Fsp3) is 0.286. The third kappa shape index (κ3) is 3.84. The Balaban J connectivity index is 1.38. The van der Waals surface area contributed by atoms with E-state index in [-0.39, 0.29) is 0 Å². The van der Waals surface area contributed by atoms with Gasteiger partial charge in [-0.05, 0) is 73.1 Å². The van der Waals surface area contributed by atoms with Crippen LogP contribution in [0.4, 0.5) is 0 Å². The van der Waals surface area contributed by atoms with Gasteiger partial charge in [-0.2, -0.15) is 5.10 Å². The van der Waals surface area contributed by atoms with Crippen LogP contribution in [0.15, 0.2) is 48.8 Å². The maximum absolute atomic E-state index is 11.3. The molecule has 0 amide bonds. The fourth-order valence-electron chi connectivity index (χ4n) is 3.67. The lowest BCUT2D eigenvalue weighted by Gasteiger charge is -2.26. The summed E-state index contributed by atoms with van der Waals surface area (Å²) >= 11 is 0. The highest BCUT2D eigenvalue weighted by molar-refractivity contribution is 5.88. The molecule has 0 bridgehead atoms. The largest absolute Gasteiger partial charge is 0.492 e. The highest BCUT2D eigenvalue weighted by atomic mass is 16.5. The van der Waals surface area contributed by atoms with Crippen molar-refractivity contribution in [3.05, 3.63) is 65.5 Å². The number of aromatic carboxylic acids is 1. The van der Waals surface area contributed by atoms with E-state index in [4.69, 9.17) is 4.74 Å². The Bertz CT molecular complexity index is 920. The number of pyridine rings is 1. The zero-order valence-corrected chi connectivity index (χ0v) is 14.9. The van der Waals surface area contributed by atoms with Crippen LogP contribution in [-0.2, 0) is 6.42 Å². The third-order valence-electron chi connectivity index (χ3n) is 5.08. The zero-order valence-electron chi connectivity index (χ0n) is 14.9. The Kier molecular flexibility index (Phi) is 4.87. The number of aromatic nitrogens is 3. The number of hydrogen-bond donors (Lipinski definition) is 2. The van der Waals surface area contributed by atoms with Gasteiger partial charge >= 0.3 is 5.97 Å². The number of benzene rings is 1. The molecule has 1 atom stereocenters. The standard InChI is InChI=1S/C21H21N3O3/c25-21(26)16-5-4-14-2-1-3-15(18(14)12-16)9-11-27-17-6-7-19(22-13-17)20-8-10-23-24-20/h4-8,10,12-13,15H,1-3,9,11H2,(H,23,24)(H,25,26). The highest BCUT2D eigenvalue weighted by Crippen LogP contribution is 2.34. The molecule has 0 saturated carbocycles. The second kappa shape index (κ2) is 7.61. The van der Waals surface area contributed by atoms with Gasteiger partial charge in [0, 0.05) is 6.20 Å². The van der Waals surface area contributed by atoms with Crippen LogP contribution in [0.2, 0.25) is 0 Å². The van der Waals surface area contributed by atoms with Gasteiger partial charge in [-0.15, -0.1) is 0 Å². The van der Waals surface area contributed by atoms with Crippen molar-refractivity contribution < 1.29 is 14.6 Å². The number of hydrogen-bond acceptors (Lipinski definition) is 4. The first-order chi connectivity index (χ1) is 13.2. The lowest BCUT2D eigenvalue weighted by Crippen LogP contribution is -2.14. The second-order valence-electron chi connectivity index (χ2n) is 6.79. The van der Waals surface area contributed by atoms with Crippen LogP contribution in [0, 0.1) is 0 Å². The van der Waals surface area contributed by atoms with Crippen molar-refractivity contribution in [2.24, 2.45) is 0 Å². The number of H-pyrrole nitrogens is 1. The quantitative estimate of drug-likeness (QED) is 0.689. The van der Waals surface area contributed by atoms with Crippen LogP contribution in [0.1, 0.15) is 46.7 Å². The molecule has 138 valence electrons. The first kappa shape index (κ1) is 17.3. The predicted octanol–water partition coefficient (Wildman–Crippen LogP) is 4.06. The summed E-state index contributed by atoms with van der Waals surface area (Å²) in [5.74, 6) is 0.195. The van der Waals surface area contributed by atoms with Crippen LogP contribution < -0.4 is 4.74 Å². The van der Waals surface area contributed by atoms with Crippen molar-refractivity contribution in [3.8, 4) is 17.1 Å². The molecular formula is C21H21N3O3. The number of carboxylic acids is 1. The number of fused-ring (bicyclic) bond motifs is 1. The van der Waals surface area contributed by atoms with E-state index in [0.717, 1.165) is 48.4 Å². The number of aromatic amines is 1. The summed E-state index contributed by atoms with van der Waals surface area (Å²) in [6, 6.07) is 11.2. The maximum Gasteiger partial charge on any atom is 0.335 e. The normalized spacial score (nSPS) is 15.9. The van der Waals surface area contributed by atoms with Crippen molar-refractivity contribution in [2.75, 3.05) is 6.61 Å². The molecule has 1 aromatic carbocycles. The molecule has 0 fully saturated rings. The van der Waals surface area contributed by atoms with Gasteiger partial charge in [-0.3, -0.25) is 10.1 Å². The first-order valence-electron chi connectivity index (χ1n) is 9.15. The average Bonchev–Trinajstić information content (AvgIpc) is 3.23. The van der Waals surface area contributed by atoms with Crippen LogP contribution in [0.5, 0.6) is 5.75 Å². The molecule has 0 aliphatic heterocycles. The summed E-state index contributed by atoms with van der Waals surface area (Å²) in [4.78, 5) is 15.7. The van der Waals surface area contributed by atoms with Crippen LogP contribution in [0.25, 0.3) is 11.4 Å². The van der Waals surface area contributed by atoms with Crippen LogP contribution >= 0.6 is 0 Å². The van der Waals surface area contributed by atoms with E-state index in [1.165, 1.54) is 5.56 Å². The Hall–Kier alpha value is -3.15. The molecule has 2 N–H and O–H groups in total. The molecule has 6 nitrogen and oxygen atoms in total. The SMILES string of the molecule is O=C(O)c1ccc2c(c1)C(CCOc1ccc(-c3ccn[nH]3)nc1)CCC2. The minimum atomic E-state index is -0.873. The third-order valence-corrected chi connectivity index (χ3v) is 5.08. The molecule has 0 radical (unpaired) electrons. The van der Waals surface area contributed by atoms with E-state index in [1.807, 2.05) is 30.3 Å². The Morgan fingerprint density at radius 3 is 2.93 bits per heavy atom. The molecule has 2 heterocycles. The molecule has 0 spiro atoms. The Morgan fingerprint density at radius 2 is 2.19 bits per heavy atom. The van der Waals surface area contributed by atoms with E-state index in [0.29, 0.717) is 18.1 Å². The maximum atomic E-state index is 11.3. The van der Waals surface area contributed by atoms with Gasteiger partial charge in [0.15, 0.2) is 0 Å². The van der Waals surface area contributed by atoms with Crippen molar-refractivity contribution >= 4 is 5.97 Å². The molecule has 3 aromatic rings. The number of rotatable bonds is 6. The van der Waals surface area contributed by atoms with E-state index in [1.54, 1.807) is 18.5 Å². The number of aryl methyl sites for hydroxylation is 1. The smallest absolute Gasteiger partial charge is 0.335 e. The number of nitrogens with one attached hydrogen (secondary N) is 1. The summed E-state index contributed by atoms with van der Waals surface area (Å²) in [5, 5.41) is 16.1. The number of nitrogens with zero attached hydrogens (tertiary/aromatic N) is 2. The Morgan fingerprint density at radius 1 is 1.26 bits per heavy atom. The van der Waals surface area contributed by atoms with Gasteiger partial charge in [0.1, 0.15) is 5.75 Å². The molecule has 2 aromatic heterocycles. The first-order valence-corrected chi connectivity index (χ1v) is 9.15.